The zero-order chi connectivity index (χ0) is 9.86. The number of ether oxygens (including phenoxy) is 1. The maximum atomic E-state index is 6.05. The summed E-state index contributed by atoms with van der Waals surface area (Å²) in [6, 6.07) is 0. The molecule has 0 atom stereocenters. The fourth-order valence-corrected chi connectivity index (χ4v) is 2.45. The third-order valence-corrected chi connectivity index (χ3v) is 3.77. The maximum absolute atomic E-state index is 6.05. The average Bonchev–Trinajstić information content (AvgIpc) is 3.03. The molecule has 2 aliphatic rings. The first-order chi connectivity index (χ1) is 6.85. The number of nitrogens with two attached hydrogens (primary N) is 1. The third kappa shape index (κ3) is 2.71. The van der Waals surface area contributed by atoms with Crippen LogP contribution in [0.2, 0.25) is 0 Å². The minimum atomic E-state index is 0.0626. The minimum absolute atomic E-state index is 0.0626. The van der Waals surface area contributed by atoms with Crippen LogP contribution in [-0.2, 0) is 4.74 Å². The van der Waals surface area contributed by atoms with E-state index in [0.29, 0.717) is 0 Å². The molecule has 0 spiro atoms. The monoisotopic (exact) mass is 197 g/mol. The predicted molar refractivity (Wildman–Crippen MR) is 58.2 cm³/mol. The first kappa shape index (κ1) is 10.4. The second-order valence-corrected chi connectivity index (χ2v) is 5.03. The molecular formula is C12H23NO. The molecular weight excluding hydrogens is 174 g/mol. The van der Waals surface area contributed by atoms with Crippen LogP contribution in [-0.4, -0.2) is 18.8 Å². The van der Waals surface area contributed by atoms with Crippen LogP contribution in [0.1, 0.15) is 51.4 Å². The van der Waals surface area contributed by atoms with Crippen molar-refractivity contribution in [3.63, 3.8) is 0 Å². The van der Waals surface area contributed by atoms with Crippen molar-refractivity contribution in [3.05, 3.63) is 0 Å². The molecule has 0 unspecified atom stereocenters. The van der Waals surface area contributed by atoms with Crippen LogP contribution in [0.25, 0.3) is 0 Å². The molecule has 2 aliphatic carbocycles. The minimum Gasteiger partial charge on any atom is -0.374 e. The van der Waals surface area contributed by atoms with Gasteiger partial charge in [-0.25, -0.2) is 0 Å². The van der Waals surface area contributed by atoms with Crippen LogP contribution in [0, 0.1) is 5.92 Å². The summed E-state index contributed by atoms with van der Waals surface area (Å²) in [5, 5.41) is 0. The number of rotatable bonds is 5. The molecule has 0 radical (unpaired) electrons. The van der Waals surface area contributed by atoms with Gasteiger partial charge in [0.25, 0.3) is 0 Å². The summed E-state index contributed by atoms with van der Waals surface area (Å²) in [5.74, 6) is 0.980. The van der Waals surface area contributed by atoms with Gasteiger partial charge in [-0.15, -0.1) is 0 Å². The summed E-state index contributed by atoms with van der Waals surface area (Å²) in [6.07, 6.45) is 10.5. The van der Waals surface area contributed by atoms with Gasteiger partial charge in [-0.05, 0) is 25.2 Å². The summed E-state index contributed by atoms with van der Waals surface area (Å²) in [6.45, 7) is 1.67. The Morgan fingerprint density at radius 1 is 1.14 bits per heavy atom. The Hall–Kier alpha value is -0.0800. The smallest absolute Gasteiger partial charge is 0.0804 e. The van der Waals surface area contributed by atoms with Crippen LogP contribution in [0.5, 0.6) is 0 Å². The van der Waals surface area contributed by atoms with Gasteiger partial charge < -0.3 is 10.5 Å². The topological polar surface area (TPSA) is 35.2 Å². The Balaban J connectivity index is 1.71. The van der Waals surface area contributed by atoms with Crippen LogP contribution < -0.4 is 5.73 Å². The zero-order valence-electron chi connectivity index (χ0n) is 9.13. The Morgan fingerprint density at radius 2 is 1.86 bits per heavy atom. The quantitative estimate of drug-likeness (QED) is 0.735. The molecule has 2 fully saturated rings. The predicted octanol–water partition coefficient (Wildman–Crippen LogP) is 2.46. The van der Waals surface area contributed by atoms with Crippen LogP contribution in [0.3, 0.4) is 0 Å². The molecule has 82 valence electrons. The van der Waals surface area contributed by atoms with E-state index in [1.807, 2.05) is 0 Å². The Labute approximate surface area is 87.2 Å². The van der Waals surface area contributed by atoms with Crippen molar-refractivity contribution in [2.75, 3.05) is 13.2 Å². The second kappa shape index (κ2) is 4.63. The lowest BCUT2D eigenvalue weighted by Gasteiger charge is -2.36. The van der Waals surface area contributed by atoms with Gasteiger partial charge in [0.05, 0.1) is 5.60 Å². The summed E-state index contributed by atoms with van der Waals surface area (Å²) in [4.78, 5) is 0. The van der Waals surface area contributed by atoms with Crippen molar-refractivity contribution in [3.8, 4) is 0 Å². The first-order valence-electron chi connectivity index (χ1n) is 6.19. The molecule has 0 bridgehead atoms. The van der Waals surface area contributed by atoms with E-state index in [0.717, 1.165) is 19.1 Å². The van der Waals surface area contributed by atoms with Crippen molar-refractivity contribution in [1.29, 1.82) is 0 Å². The SMILES string of the molecule is NCC1(OCCC2CC2)CCCCC1. The average molecular weight is 197 g/mol. The fraction of sp³-hybridized carbons (Fsp3) is 1.00. The van der Waals surface area contributed by atoms with E-state index >= 15 is 0 Å². The van der Waals surface area contributed by atoms with Crippen LogP contribution in [0.15, 0.2) is 0 Å². The molecule has 0 aromatic heterocycles. The standard InChI is InChI=1S/C12H23NO/c13-10-12(7-2-1-3-8-12)14-9-6-11-4-5-11/h11H,1-10,13H2. The highest BCUT2D eigenvalue weighted by molar-refractivity contribution is 4.85. The van der Waals surface area contributed by atoms with Gasteiger partial charge in [-0.3, -0.25) is 0 Å². The van der Waals surface area contributed by atoms with Gasteiger partial charge in [-0.2, -0.15) is 0 Å². The van der Waals surface area contributed by atoms with Gasteiger partial charge in [0.1, 0.15) is 0 Å². The molecule has 0 amide bonds. The van der Waals surface area contributed by atoms with E-state index < -0.39 is 0 Å². The van der Waals surface area contributed by atoms with Crippen molar-refractivity contribution in [2.24, 2.45) is 11.7 Å². The van der Waals surface area contributed by atoms with Gasteiger partial charge in [0, 0.05) is 13.2 Å². The van der Waals surface area contributed by atoms with Crippen LogP contribution >= 0.6 is 0 Å². The summed E-state index contributed by atoms with van der Waals surface area (Å²) < 4.78 is 6.05. The van der Waals surface area contributed by atoms with Crippen molar-refractivity contribution >= 4 is 0 Å². The molecule has 2 heteroatoms. The summed E-state index contributed by atoms with van der Waals surface area (Å²) in [5.41, 5.74) is 5.91. The molecule has 0 aliphatic heterocycles. The maximum Gasteiger partial charge on any atom is 0.0804 e. The lowest BCUT2D eigenvalue weighted by molar-refractivity contribution is -0.0650. The summed E-state index contributed by atoms with van der Waals surface area (Å²) in [7, 11) is 0. The molecule has 0 saturated heterocycles. The molecule has 2 nitrogen and oxygen atoms in total. The van der Waals surface area contributed by atoms with E-state index in [9.17, 15) is 0 Å². The van der Waals surface area contributed by atoms with E-state index in [-0.39, 0.29) is 5.60 Å². The first-order valence-corrected chi connectivity index (χ1v) is 6.19. The van der Waals surface area contributed by atoms with Crippen molar-refractivity contribution < 1.29 is 4.74 Å². The Kier molecular flexibility index (Phi) is 3.45. The van der Waals surface area contributed by atoms with Crippen molar-refractivity contribution in [1.82, 2.24) is 0 Å². The normalized spacial score (nSPS) is 26.4. The highest BCUT2D eigenvalue weighted by atomic mass is 16.5. The number of hydrogen-bond donors (Lipinski definition) is 1. The lowest BCUT2D eigenvalue weighted by atomic mass is 9.84. The largest absolute Gasteiger partial charge is 0.374 e. The van der Waals surface area contributed by atoms with E-state index in [2.05, 4.69) is 0 Å². The molecule has 14 heavy (non-hydrogen) atoms. The van der Waals surface area contributed by atoms with E-state index in [1.165, 1.54) is 51.4 Å². The fourth-order valence-electron chi connectivity index (χ4n) is 2.45. The lowest BCUT2D eigenvalue weighted by Crippen LogP contribution is -2.42. The van der Waals surface area contributed by atoms with Crippen molar-refractivity contribution in [2.45, 2.75) is 57.0 Å². The zero-order valence-corrected chi connectivity index (χ0v) is 9.13. The van der Waals surface area contributed by atoms with E-state index in [1.54, 1.807) is 0 Å². The highest BCUT2D eigenvalue weighted by Gasteiger charge is 2.32. The molecule has 0 heterocycles. The molecule has 2 saturated carbocycles. The number of hydrogen-bond acceptors (Lipinski definition) is 2. The van der Waals surface area contributed by atoms with Gasteiger partial charge in [-0.1, -0.05) is 32.1 Å². The molecule has 2 rings (SSSR count). The third-order valence-electron chi connectivity index (χ3n) is 3.77. The Morgan fingerprint density at radius 3 is 2.43 bits per heavy atom. The molecule has 0 aromatic carbocycles. The van der Waals surface area contributed by atoms with Gasteiger partial charge >= 0.3 is 0 Å². The molecule has 0 aromatic rings. The van der Waals surface area contributed by atoms with Gasteiger partial charge in [0.15, 0.2) is 0 Å². The van der Waals surface area contributed by atoms with E-state index in [4.69, 9.17) is 10.5 Å². The molecule has 2 N–H and O–H groups in total. The Bertz CT molecular complexity index is 171. The summed E-state index contributed by atoms with van der Waals surface area (Å²) >= 11 is 0. The second-order valence-electron chi connectivity index (χ2n) is 5.03. The van der Waals surface area contributed by atoms with Crippen LogP contribution in [0.4, 0.5) is 0 Å². The highest BCUT2D eigenvalue weighted by Crippen LogP contribution is 2.35. The van der Waals surface area contributed by atoms with Gasteiger partial charge in [0.2, 0.25) is 0 Å².